The second kappa shape index (κ2) is 7.60. The Morgan fingerprint density at radius 1 is 1.38 bits per heavy atom. The number of nitrogens with one attached hydrogen (secondary N) is 1. The van der Waals surface area contributed by atoms with Crippen molar-refractivity contribution in [2.24, 2.45) is 0 Å². The molecule has 2 rings (SSSR count). The molecule has 0 saturated heterocycles. The molecule has 0 radical (unpaired) electrons. The number of thiophene rings is 1. The highest BCUT2D eigenvalue weighted by Crippen LogP contribution is 2.20. The zero-order chi connectivity index (χ0) is 15.3. The second-order valence-corrected chi connectivity index (χ2v) is 9.08. The first kappa shape index (κ1) is 16.8. The molecule has 0 bridgehead atoms. The fourth-order valence-corrected chi connectivity index (χ4v) is 5.09. The van der Waals surface area contributed by atoms with E-state index >= 15 is 0 Å². The maximum absolute atomic E-state index is 12.0. The Bertz CT molecular complexity index is 701. The first-order chi connectivity index (χ1) is 9.97. The first-order valence-corrected chi connectivity index (χ1v) is 10.0. The molecule has 4 nitrogen and oxygen atoms in total. The van der Waals surface area contributed by atoms with Gasteiger partial charge in [-0.05, 0) is 36.8 Å². The number of rotatable bonds is 7. The van der Waals surface area contributed by atoms with Gasteiger partial charge in [-0.2, -0.15) is 11.8 Å². The summed E-state index contributed by atoms with van der Waals surface area (Å²) in [7, 11) is -3.37. The standard InChI is InChI=1S/C13H15ClN2O2S3/c1-10-2-3-13(20-10)21(17,18)16-6-7-19-9-11-4-5-15-12(14)8-11/h2-5,8,16H,6-7,9H2,1H3. The van der Waals surface area contributed by atoms with E-state index in [1.54, 1.807) is 30.1 Å². The molecular weight excluding hydrogens is 348 g/mol. The maximum atomic E-state index is 12.0. The lowest BCUT2D eigenvalue weighted by atomic mass is 10.3. The molecule has 2 aromatic heterocycles. The lowest BCUT2D eigenvalue weighted by molar-refractivity contribution is 0.586. The molecule has 21 heavy (non-hydrogen) atoms. The van der Waals surface area contributed by atoms with Crippen molar-refractivity contribution in [2.75, 3.05) is 12.3 Å². The van der Waals surface area contributed by atoms with Gasteiger partial charge in [0.15, 0.2) is 0 Å². The fourth-order valence-electron chi connectivity index (χ4n) is 1.60. The summed E-state index contributed by atoms with van der Waals surface area (Å²) in [5, 5.41) is 0.474. The van der Waals surface area contributed by atoms with Gasteiger partial charge in [-0.1, -0.05) is 11.6 Å². The van der Waals surface area contributed by atoms with Crippen molar-refractivity contribution in [1.82, 2.24) is 9.71 Å². The summed E-state index contributed by atoms with van der Waals surface area (Å²) in [6.45, 7) is 2.29. The molecule has 0 aliphatic heterocycles. The van der Waals surface area contributed by atoms with E-state index in [2.05, 4.69) is 9.71 Å². The van der Waals surface area contributed by atoms with Crippen LogP contribution in [0, 0.1) is 6.92 Å². The molecule has 0 atom stereocenters. The molecule has 0 aromatic carbocycles. The topological polar surface area (TPSA) is 59.1 Å². The average molecular weight is 363 g/mol. The van der Waals surface area contributed by atoms with Gasteiger partial charge in [-0.15, -0.1) is 11.3 Å². The Kier molecular flexibility index (Phi) is 6.07. The van der Waals surface area contributed by atoms with Crippen LogP contribution in [0.15, 0.2) is 34.7 Å². The quantitative estimate of drug-likeness (QED) is 0.606. The molecule has 0 amide bonds. The molecule has 0 aliphatic carbocycles. The van der Waals surface area contributed by atoms with Crippen molar-refractivity contribution in [3.05, 3.63) is 46.1 Å². The molecule has 1 N–H and O–H groups in total. The number of pyridine rings is 1. The number of hydrogen-bond acceptors (Lipinski definition) is 5. The summed E-state index contributed by atoms with van der Waals surface area (Å²) in [5.41, 5.74) is 1.08. The second-order valence-electron chi connectivity index (χ2n) is 4.30. The Hall–Kier alpha value is -0.600. The molecule has 114 valence electrons. The highest BCUT2D eigenvalue weighted by atomic mass is 35.5. The number of sulfonamides is 1. The van der Waals surface area contributed by atoms with Gasteiger partial charge in [0, 0.05) is 29.1 Å². The Balaban J connectivity index is 1.75. The van der Waals surface area contributed by atoms with Gasteiger partial charge in [0.25, 0.3) is 0 Å². The van der Waals surface area contributed by atoms with E-state index in [1.165, 1.54) is 11.3 Å². The summed E-state index contributed by atoms with van der Waals surface area (Å²) in [6.07, 6.45) is 1.67. The van der Waals surface area contributed by atoms with E-state index in [0.717, 1.165) is 16.2 Å². The first-order valence-electron chi connectivity index (χ1n) is 6.22. The smallest absolute Gasteiger partial charge is 0.245 e. The Morgan fingerprint density at radius 3 is 2.86 bits per heavy atom. The van der Waals surface area contributed by atoms with Gasteiger partial charge < -0.3 is 0 Å². The molecular formula is C13H15ClN2O2S3. The summed E-state index contributed by atoms with van der Waals surface area (Å²) in [5.74, 6) is 1.48. The van der Waals surface area contributed by atoms with Crippen LogP contribution in [0.5, 0.6) is 0 Å². The maximum Gasteiger partial charge on any atom is 0.250 e. The van der Waals surface area contributed by atoms with Crippen LogP contribution in [0.4, 0.5) is 0 Å². The minimum Gasteiger partial charge on any atom is -0.245 e. The highest BCUT2D eigenvalue weighted by molar-refractivity contribution is 7.98. The lowest BCUT2D eigenvalue weighted by Gasteiger charge is -2.05. The molecule has 0 saturated carbocycles. The zero-order valence-corrected chi connectivity index (χ0v) is 14.6. The summed E-state index contributed by atoms with van der Waals surface area (Å²) >= 11 is 8.73. The summed E-state index contributed by atoms with van der Waals surface area (Å²) in [6, 6.07) is 7.15. The number of hydrogen-bond donors (Lipinski definition) is 1. The van der Waals surface area contributed by atoms with E-state index < -0.39 is 10.0 Å². The van der Waals surface area contributed by atoms with Crippen LogP contribution < -0.4 is 4.72 Å². The SMILES string of the molecule is Cc1ccc(S(=O)(=O)NCCSCc2ccnc(Cl)c2)s1. The van der Waals surface area contributed by atoms with Crippen molar-refractivity contribution in [3.63, 3.8) is 0 Å². The van der Waals surface area contributed by atoms with E-state index in [-0.39, 0.29) is 0 Å². The van der Waals surface area contributed by atoms with Gasteiger partial charge in [-0.3, -0.25) is 0 Å². The fraction of sp³-hybridized carbons (Fsp3) is 0.308. The van der Waals surface area contributed by atoms with E-state index in [0.29, 0.717) is 21.7 Å². The molecule has 0 fully saturated rings. The lowest BCUT2D eigenvalue weighted by Crippen LogP contribution is -2.25. The van der Waals surface area contributed by atoms with Gasteiger partial charge in [0.2, 0.25) is 10.0 Å². The molecule has 0 spiro atoms. The van der Waals surface area contributed by atoms with Gasteiger partial charge in [0.1, 0.15) is 9.36 Å². The predicted molar refractivity (Wildman–Crippen MR) is 89.7 cm³/mol. The molecule has 2 heterocycles. The Labute approximate surface area is 138 Å². The normalized spacial score (nSPS) is 11.7. The van der Waals surface area contributed by atoms with Crippen molar-refractivity contribution in [1.29, 1.82) is 0 Å². The van der Waals surface area contributed by atoms with Gasteiger partial charge in [-0.25, -0.2) is 18.1 Å². The van der Waals surface area contributed by atoms with E-state index in [9.17, 15) is 8.42 Å². The zero-order valence-electron chi connectivity index (χ0n) is 11.4. The number of aromatic nitrogens is 1. The number of nitrogens with zero attached hydrogens (tertiary/aromatic N) is 1. The van der Waals surface area contributed by atoms with Crippen LogP contribution in [0.2, 0.25) is 5.15 Å². The van der Waals surface area contributed by atoms with Crippen molar-refractivity contribution in [3.8, 4) is 0 Å². The van der Waals surface area contributed by atoms with Gasteiger partial charge >= 0.3 is 0 Å². The van der Waals surface area contributed by atoms with Crippen LogP contribution >= 0.6 is 34.7 Å². The number of thioether (sulfide) groups is 1. The van der Waals surface area contributed by atoms with Crippen LogP contribution in [0.1, 0.15) is 10.4 Å². The molecule has 8 heteroatoms. The predicted octanol–water partition coefficient (Wildman–Crippen LogP) is 3.32. The van der Waals surface area contributed by atoms with Crippen LogP contribution in [0.3, 0.4) is 0 Å². The Morgan fingerprint density at radius 2 is 2.19 bits per heavy atom. The average Bonchev–Trinajstić information content (AvgIpc) is 2.86. The third-order valence-electron chi connectivity index (χ3n) is 2.58. The summed E-state index contributed by atoms with van der Waals surface area (Å²) in [4.78, 5) is 4.90. The number of aryl methyl sites for hydroxylation is 1. The summed E-state index contributed by atoms with van der Waals surface area (Å²) < 4.78 is 27.0. The van der Waals surface area contributed by atoms with Crippen LogP contribution in [0.25, 0.3) is 0 Å². The monoisotopic (exact) mass is 362 g/mol. The minimum absolute atomic E-state index is 0.367. The third kappa shape index (κ3) is 5.27. The van der Waals surface area contributed by atoms with Crippen molar-refractivity contribution in [2.45, 2.75) is 16.9 Å². The van der Waals surface area contributed by atoms with Crippen LogP contribution in [-0.4, -0.2) is 25.7 Å². The minimum atomic E-state index is -3.37. The van der Waals surface area contributed by atoms with Crippen molar-refractivity contribution < 1.29 is 8.42 Å². The highest BCUT2D eigenvalue weighted by Gasteiger charge is 2.14. The van der Waals surface area contributed by atoms with Gasteiger partial charge in [0.05, 0.1) is 0 Å². The van der Waals surface area contributed by atoms with Crippen molar-refractivity contribution >= 4 is 44.7 Å². The van der Waals surface area contributed by atoms with E-state index in [1.807, 2.05) is 19.1 Å². The molecule has 0 unspecified atom stereocenters. The number of halogens is 1. The molecule has 0 aliphatic rings. The van der Waals surface area contributed by atoms with E-state index in [4.69, 9.17) is 11.6 Å². The molecule has 2 aromatic rings. The largest absolute Gasteiger partial charge is 0.250 e. The van der Waals surface area contributed by atoms with Crippen LogP contribution in [-0.2, 0) is 15.8 Å². The third-order valence-corrected chi connectivity index (χ3v) is 6.77.